The van der Waals surface area contributed by atoms with Crippen LogP contribution in [0.4, 0.5) is 58.5 Å². The standard InChI is InChI=1S/C32H45N5O4.C32H43N5O4.C23H29ClN4O2.C11H19BO2/c2*1-6-23-9-11-36(20-23)30(38)33-26-8-7-22(2)27(19-26)25-17-28(34-29(18-25)35-13-15-40-16-14-35)24-10-12-37(21-24)31(39)41-32(3,4)5;1-3-17-6-7-28(15-17)23(29)25-19-5-4-16(2)20(14-19)18-12-21(24)26-22(13-18)27-8-10-30-11-9-27;1-10(2)11(3,4)14-12(13-10)9-7-5-6-8-9/h7-8,17-19,23-24H,6,9-16,20-21H2,1-5H3,(H,33,38);7-8,10,17-19,23H,6,9,11-16,20-21H2,1-5H3,(H,33,38);4-5,12-14,17H,3,6-11,15H2,1-2H3,(H,25,29);7H,5-6,8H2,1-4H3/t23-,24?;23-;17-;/m111./s1. The summed E-state index contributed by atoms with van der Waals surface area (Å²) >= 11 is 6.36. The van der Waals surface area contributed by atoms with E-state index in [-0.39, 0.29) is 54.5 Å². The Morgan fingerprint density at radius 1 is 0.476 bits per heavy atom. The van der Waals surface area contributed by atoms with Gasteiger partial charge in [-0.2, -0.15) is 0 Å². The minimum atomic E-state index is -0.550. The van der Waals surface area contributed by atoms with Gasteiger partial charge in [-0.05, 0) is 287 Å². The van der Waals surface area contributed by atoms with Crippen molar-refractivity contribution in [3.05, 3.63) is 142 Å². The van der Waals surface area contributed by atoms with E-state index in [0.29, 0.717) is 88.7 Å². The number of nitrogens with zero attached hydrogens (tertiary/aromatic N) is 11. The van der Waals surface area contributed by atoms with Crippen molar-refractivity contribution in [2.24, 2.45) is 17.8 Å². The molecule has 10 aliphatic rings. The van der Waals surface area contributed by atoms with E-state index < -0.39 is 11.2 Å². The van der Waals surface area contributed by atoms with Gasteiger partial charge in [0.05, 0.1) is 63.1 Å². The zero-order valence-corrected chi connectivity index (χ0v) is 78.3. The molecular weight excluding hydrogens is 1610 g/mol. The highest BCUT2D eigenvalue weighted by atomic mass is 35.5. The first-order valence-corrected chi connectivity index (χ1v) is 46.4. The fraction of sp³-hybridized carbons (Fsp3) is 0.571. The number of allylic oxidation sites excluding steroid dienone is 2. The molecule has 0 spiro atoms. The van der Waals surface area contributed by atoms with Crippen LogP contribution < -0.4 is 30.7 Å². The molecule has 0 bridgehead atoms. The van der Waals surface area contributed by atoms with Crippen LogP contribution in [0.2, 0.25) is 5.15 Å². The van der Waals surface area contributed by atoms with E-state index in [1.165, 1.54) is 18.3 Å². The van der Waals surface area contributed by atoms with E-state index in [0.717, 1.165) is 231 Å². The number of anilines is 6. The van der Waals surface area contributed by atoms with Crippen LogP contribution in [0.25, 0.3) is 39.0 Å². The van der Waals surface area contributed by atoms with Gasteiger partial charge in [-0.3, -0.25) is 0 Å². The number of aromatic nitrogens is 3. The van der Waals surface area contributed by atoms with Gasteiger partial charge >= 0.3 is 37.4 Å². The number of nitrogens with one attached hydrogen (secondary N) is 3. The number of amides is 8. The smallest absolute Gasteiger partial charge is 0.444 e. The maximum Gasteiger partial charge on any atom is 0.490 e. The topological polar surface area (TPSA) is 251 Å². The van der Waals surface area contributed by atoms with Gasteiger partial charge in [-0.15, -0.1) is 0 Å². The highest BCUT2D eigenvalue weighted by Gasteiger charge is 2.52. The quantitative estimate of drug-likeness (QED) is 0.0638. The SMILES string of the molecule is CC1(C)OB(C2=CCCC2)OC1(C)C.CC[C@@H]1CCN(C(=O)Nc2ccc(C)c(-c3cc(C4=CCN(C(=O)OC(C)(C)C)C4)nc(N4CCOCC4)c3)c2)C1.CC[C@@H]1CCN(C(=O)Nc2ccc(C)c(-c3cc(C4CCN(C(=O)OC(C)(C)C)C4)nc(N4CCOCC4)c3)c2)C1.CC[C@@H]1CCN(C(=O)Nc2ccc(C)c(-c3cc(Cl)nc(N4CCOCC4)c3)c2)C1. The van der Waals surface area contributed by atoms with Crippen LogP contribution in [-0.4, -0.2) is 244 Å². The Morgan fingerprint density at radius 3 is 1.28 bits per heavy atom. The molecule has 6 aromatic rings. The van der Waals surface area contributed by atoms with Crippen molar-refractivity contribution in [3.8, 4) is 33.4 Å². The summed E-state index contributed by atoms with van der Waals surface area (Å²) in [5.74, 6) is 4.57. The van der Waals surface area contributed by atoms with Gasteiger partial charge in [-0.25, -0.2) is 38.9 Å². The number of urea groups is 3. The maximum absolute atomic E-state index is 13.0. The van der Waals surface area contributed by atoms with Crippen molar-refractivity contribution < 1.29 is 57.0 Å². The number of hydrogen-bond donors (Lipinski definition) is 3. The summed E-state index contributed by atoms with van der Waals surface area (Å²) in [4.78, 5) is 94.8. The summed E-state index contributed by atoms with van der Waals surface area (Å²) in [5.41, 5.74) is 14.6. The van der Waals surface area contributed by atoms with Gasteiger partial charge < -0.3 is 88.1 Å². The molecule has 3 aromatic heterocycles. The second-order valence-corrected chi connectivity index (χ2v) is 38.6. The average molecular weight is 1750 g/mol. The number of pyridine rings is 3. The van der Waals surface area contributed by atoms with Crippen LogP contribution in [0, 0.1) is 38.5 Å². The molecule has 1 aliphatic carbocycles. The summed E-state index contributed by atoms with van der Waals surface area (Å²) in [7, 11) is -0.0949. The molecule has 12 heterocycles. The zero-order chi connectivity index (χ0) is 89.8. The van der Waals surface area contributed by atoms with Crippen molar-refractivity contribution in [2.45, 2.75) is 203 Å². The summed E-state index contributed by atoms with van der Waals surface area (Å²) in [6, 6.07) is 30.6. The molecule has 8 fully saturated rings. The summed E-state index contributed by atoms with van der Waals surface area (Å²) in [6.07, 6.45) is 14.7. The van der Waals surface area contributed by atoms with Crippen LogP contribution in [0.1, 0.15) is 188 Å². The number of rotatable bonds is 15. The molecule has 28 heteroatoms. The Hall–Kier alpha value is -9.51. The molecule has 3 N–H and O–H groups in total. The van der Waals surface area contributed by atoms with E-state index in [1.54, 1.807) is 9.80 Å². The normalized spacial score (nSPS) is 21.1. The van der Waals surface area contributed by atoms with Gasteiger partial charge in [0.15, 0.2) is 0 Å². The fourth-order valence-corrected chi connectivity index (χ4v) is 17.7. The third kappa shape index (κ3) is 24.7. The summed E-state index contributed by atoms with van der Waals surface area (Å²) in [6.45, 7) is 48.3. The number of hydrogen-bond acceptors (Lipinski definition) is 18. The van der Waals surface area contributed by atoms with Crippen LogP contribution in [-0.2, 0) is 33.0 Å². The van der Waals surface area contributed by atoms with Gasteiger partial charge in [0.2, 0.25) is 0 Å². The Bertz CT molecular complexity index is 4840. The molecule has 3 aromatic carbocycles. The van der Waals surface area contributed by atoms with Crippen LogP contribution in [0.15, 0.2) is 109 Å². The number of likely N-dealkylation sites (tertiary alicyclic amines) is 4. The number of morpholine rings is 3. The van der Waals surface area contributed by atoms with Crippen LogP contribution in [0.5, 0.6) is 0 Å². The highest BCUT2D eigenvalue weighted by Crippen LogP contribution is 2.43. The lowest BCUT2D eigenvalue weighted by Gasteiger charge is -2.32. The lowest BCUT2D eigenvalue weighted by atomic mass is 9.78. The molecule has 1 unspecified atom stereocenters. The summed E-state index contributed by atoms with van der Waals surface area (Å²) in [5, 5.41) is 9.80. The first-order chi connectivity index (χ1) is 60.1. The molecule has 26 nitrogen and oxygen atoms in total. The lowest BCUT2D eigenvalue weighted by molar-refractivity contribution is 0.00578. The molecule has 9 aliphatic heterocycles. The minimum absolute atomic E-state index is 0.0254. The minimum Gasteiger partial charge on any atom is -0.444 e. The van der Waals surface area contributed by atoms with E-state index in [4.69, 9.17) is 54.6 Å². The lowest BCUT2D eigenvalue weighted by Crippen LogP contribution is -2.41. The maximum atomic E-state index is 13.0. The first kappa shape index (κ1) is 94.1. The van der Waals surface area contributed by atoms with Crippen LogP contribution >= 0.6 is 11.6 Å². The van der Waals surface area contributed by atoms with Gasteiger partial charge in [-0.1, -0.05) is 82.0 Å². The summed E-state index contributed by atoms with van der Waals surface area (Å²) < 4.78 is 39.8. The number of aryl methyl sites for hydroxylation is 3. The molecule has 8 amide bonds. The Morgan fingerprint density at radius 2 is 0.873 bits per heavy atom. The predicted molar refractivity (Wildman–Crippen MR) is 503 cm³/mol. The van der Waals surface area contributed by atoms with Crippen molar-refractivity contribution in [1.82, 2.24) is 39.5 Å². The molecule has 16 rings (SSSR count). The zero-order valence-electron chi connectivity index (χ0n) is 77.5. The largest absolute Gasteiger partial charge is 0.490 e. The Labute approximate surface area is 752 Å². The third-order valence-corrected chi connectivity index (χ3v) is 26.3. The Kier molecular flexibility index (Phi) is 31.2. The highest BCUT2D eigenvalue weighted by molar-refractivity contribution is 6.54. The molecule has 8 saturated heterocycles. The number of carbonyl (C=O) groups excluding carboxylic acids is 5. The van der Waals surface area contributed by atoms with Gasteiger partial charge in [0.25, 0.3) is 0 Å². The second kappa shape index (κ2) is 41.7. The van der Waals surface area contributed by atoms with E-state index in [1.807, 2.05) is 92.6 Å². The second-order valence-electron chi connectivity index (χ2n) is 38.2. The fourth-order valence-electron chi connectivity index (χ4n) is 17.5. The van der Waals surface area contributed by atoms with E-state index in [9.17, 15) is 24.0 Å². The monoisotopic (exact) mass is 1750 g/mol. The van der Waals surface area contributed by atoms with Crippen molar-refractivity contribution in [1.29, 1.82) is 0 Å². The number of benzene rings is 3. The van der Waals surface area contributed by atoms with Crippen molar-refractivity contribution in [3.63, 3.8) is 0 Å². The predicted octanol–water partition coefficient (Wildman–Crippen LogP) is 19.2. The van der Waals surface area contributed by atoms with E-state index in [2.05, 4.69) is 172 Å². The van der Waals surface area contributed by atoms with Gasteiger partial charge in [0.1, 0.15) is 33.8 Å². The number of carbonyl (C=O) groups is 5. The molecular formula is C98H136BClN14O12. The van der Waals surface area contributed by atoms with Crippen molar-refractivity contribution in [2.75, 3.05) is 175 Å². The Balaban J connectivity index is 0.000000151. The molecule has 126 heavy (non-hydrogen) atoms. The van der Waals surface area contributed by atoms with Gasteiger partial charge in [0, 0.05) is 127 Å². The van der Waals surface area contributed by atoms with E-state index >= 15 is 0 Å². The third-order valence-electron chi connectivity index (χ3n) is 26.1. The van der Waals surface area contributed by atoms with Crippen LogP contribution in [0.3, 0.4) is 0 Å². The first-order valence-electron chi connectivity index (χ1n) is 46.0. The number of ether oxygens (including phenoxy) is 5. The molecule has 0 saturated carbocycles. The number of halogens is 1. The molecule has 4 atom stereocenters. The van der Waals surface area contributed by atoms with Crippen molar-refractivity contribution >= 4 is 89.1 Å². The molecule has 680 valence electrons. The average Bonchev–Trinajstić information content (AvgIpc) is 1.62. The molecule has 0 radical (unpaired) electrons.